The summed E-state index contributed by atoms with van der Waals surface area (Å²) >= 11 is 5.42. The zero-order valence-corrected chi connectivity index (χ0v) is 10.6. The molecule has 0 aromatic heterocycles. The summed E-state index contributed by atoms with van der Waals surface area (Å²) < 4.78 is 12.9. The quantitative estimate of drug-likeness (QED) is 0.481. The second-order valence-electron chi connectivity index (χ2n) is 2.55. The minimum Gasteiger partial charge on any atom is -0.318 e. The van der Waals surface area contributed by atoms with Gasteiger partial charge in [-0.05, 0) is 24.9 Å². The summed E-state index contributed by atoms with van der Waals surface area (Å²) in [5.74, 6) is -2.70. The van der Waals surface area contributed by atoms with Crippen molar-refractivity contribution in [3.63, 3.8) is 0 Å². The van der Waals surface area contributed by atoms with Crippen molar-refractivity contribution < 1.29 is 14.0 Å². The summed E-state index contributed by atoms with van der Waals surface area (Å²) in [4.78, 5) is 24.6. The molecular weight excluding hydrogens is 485 g/mol. The fourth-order valence-electron chi connectivity index (χ4n) is 0.830. The molecule has 0 atom stereocenters. The molecule has 0 aliphatic carbocycles. The van der Waals surface area contributed by atoms with Gasteiger partial charge in [-0.2, -0.15) is 0 Å². The summed E-state index contributed by atoms with van der Waals surface area (Å²) in [6, 6.07) is 3.62. The second kappa shape index (κ2) is 5.21. The summed E-state index contributed by atoms with van der Waals surface area (Å²) in [6.45, 7) is 2.90. The molecular formula is C9H6ClFLrN2O2. The fourth-order valence-corrected chi connectivity index (χ4v) is 0.948. The molecule has 0 bridgehead atoms. The number of benzene rings is 1. The van der Waals surface area contributed by atoms with Crippen molar-refractivity contribution in [2.75, 3.05) is 5.32 Å². The van der Waals surface area contributed by atoms with Crippen LogP contribution in [0.5, 0.6) is 0 Å². The molecule has 16 heavy (non-hydrogen) atoms. The summed E-state index contributed by atoms with van der Waals surface area (Å²) in [5, 5.41) is 2.07. The number of halogens is 2. The normalized spacial score (nSPS) is 8.88. The van der Waals surface area contributed by atoms with Crippen molar-refractivity contribution in [3.8, 4) is 0 Å². The summed E-state index contributed by atoms with van der Waals surface area (Å²) in [5.41, 5.74) is 0.124. The number of carbonyl (C=O) groups is 2. The van der Waals surface area contributed by atoms with Gasteiger partial charge in [0.15, 0.2) is 0 Å². The number of amides is 2. The van der Waals surface area contributed by atoms with E-state index in [1.54, 1.807) is 0 Å². The van der Waals surface area contributed by atoms with Gasteiger partial charge in [-0.1, -0.05) is 11.6 Å². The first-order chi connectivity index (χ1) is 7.04. The molecule has 4 nitrogen and oxygen atoms in total. The van der Waals surface area contributed by atoms with Crippen LogP contribution in [-0.4, -0.2) is 18.5 Å². The monoisotopic (exact) mass is 490 g/mol. The van der Waals surface area contributed by atoms with E-state index in [1.165, 1.54) is 12.1 Å². The molecule has 1 aromatic rings. The molecule has 0 saturated heterocycles. The number of hydrogen-bond acceptors (Lipinski definition) is 2. The van der Waals surface area contributed by atoms with Crippen LogP contribution in [0.3, 0.4) is 0 Å². The first-order valence-corrected chi connectivity index (χ1v) is 4.19. The van der Waals surface area contributed by atoms with Crippen LogP contribution < -0.4 is 5.32 Å². The van der Waals surface area contributed by atoms with Crippen LogP contribution in [0.1, 0.15) is 0 Å². The van der Waals surface area contributed by atoms with E-state index in [2.05, 4.69) is 17.0 Å². The smallest absolute Gasteiger partial charge is 0.318 e. The van der Waals surface area contributed by atoms with Gasteiger partial charge in [-0.3, -0.25) is 9.59 Å². The molecule has 0 fully saturated rings. The van der Waals surface area contributed by atoms with Crippen LogP contribution in [0.4, 0.5) is 10.1 Å². The molecule has 0 aliphatic rings. The first kappa shape index (κ1) is 13.2. The van der Waals surface area contributed by atoms with Crippen molar-refractivity contribution in [3.05, 3.63) is 29.0 Å². The minimum atomic E-state index is -1.04. The number of nitrogens with zero attached hydrogens (tertiary/aromatic N) is 1. The van der Waals surface area contributed by atoms with Crippen molar-refractivity contribution in [2.45, 2.75) is 0 Å². The van der Waals surface area contributed by atoms with Crippen LogP contribution in [0.2, 0.25) is 5.02 Å². The molecule has 1 aromatic carbocycles. The Morgan fingerprint density at radius 1 is 1.44 bits per heavy atom. The van der Waals surface area contributed by atoms with Crippen LogP contribution in [-0.2, 0) is 9.59 Å². The van der Waals surface area contributed by atoms with Crippen molar-refractivity contribution >= 4 is 35.8 Å². The molecule has 1 rings (SSSR count). The average Bonchev–Trinajstić information content (AvgIpc) is 2.22. The van der Waals surface area contributed by atoms with Gasteiger partial charge >= 0.3 is 11.8 Å². The van der Waals surface area contributed by atoms with E-state index in [4.69, 9.17) is 11.6 Å². The fraction of sp³-hybridized carbons (Fsp3) is 0. The van der Waals surface area contributed by atoms with Crippen LogP contribution >= 0.6 is 11.6 Å². The van der Waals surface area contributed by atoms with Gasteiger partial charge in [0, 0.05) is 5.69 Å². The summed E-state index contributed by atoms with van der Waals surface area (Å²) in [6.07, 6.45) is 0. The maximum atomic E-state index is 12.9. The number of aliphatic imine (C=N–C) groups is 1. The van der Waals surface area contributed by atoms with Gasteiger partial charge in [0.25, 0.3) is 0 Å². The zero-order chi connectivity index (χ0) is 11.4. The standard InChI is InChI=1S/C9H6ClFN2O2.Lr/c1-12-8(14)9(15)13-5-2-3-6(10)7(11)4-5;/h2-4H,1H2,(H,13,15);. The van der Waals surface area contributed by atoms with Gasteiger partial charge in [-0.25, -0.2) is 9.38 Å². The Bertz CT molecular complexity index is 440. The predicted molar refractivity (Wildman–Crippen MR) is 54.6 cm³/mol. The molecule has 0 aliphatic heterocycles. The van der Waals surface area contributed by atoms with Gasteiger partial charge in [-0.15, -0.1) is 0 Å². The van der Waals surface area contributed by atoms with E-state index in [0.29, 0.717) is 0 Å². The zero-order valence-electron chi connectivity index (χ0n) is 7.72. The second-order valence-corrected chi connectivity index (χ2v) is 2.95. The number of nitrogens with one attached hydrogen (secondary N) is 1. The van der Waals surface area contributed by atoms with Gasteiger partial charge < -0.3 is 5.32 Å². The molecule has 2 amide bonds. The predicted octanol–water partition coefficient (Wildman–Crippen LogP) is 1.64. The largest absolute Gasteiger partial charge is 0.334 e. The number of rotatable bonds is 1. The molecule has 0 heterocycles. The molecule has 0 spiro atoms. The van der Waals surface area contributed by atoms with Crippen LogP contribution in [0.25, 0.3) is 0 Å². The Kier molecular flexibility index (Phi) is 4.31. The number of anilines is 1. The van der Waals surface area contributed by atoms with Crippen molar-refractivity contribution in [2.24, 2.45) is 4.99 Å². The Labute approximate surface area is 89.8 Å². The molecule has 7 heteroatoms. The maximum absolute atomic E-state index is 12.9. The number of carbonyl (C=O) groups excluding carboxylic acids is 2. The van der Waals surface area contributed by atoms with E-state index in [-0.39, 0.29) is 10.7 Å². The van der Waals surface area contributed by atoms with E-state index in [0.717, 1.165) is 6.07 Å². The van der Waals surface area contributed by atoms with E-state index >= 15 is 0 Å². The van der Waals surface area contributed by atoms with E-state index in [1.807, 2.05) is 0 Å². The molecule has 0 saturated carbocycles. The third-order valence-electron chi connectivity index (χ3n) is 1.52. The number of hydrogen-bond donors (Lipinski definition) is 1. The van der Waals surface area contributed by atoms with Crippen LogP contribution in [0, 0.1) is 5.82 Å². The van der Waals surface area contributed by atoms with Crippen molar-refractivity contribution in [1.29, 1.82) is 0 Å². The molecule has 0 unspecified atom stereocenters. The average molecular weight is 491 g/mol. The van der Waals surface area contributed by atoms with Gasteiger partial charge in [0.1, 0.15) is 5.82 Å². The minimum absolute atomic E-state index is 0. The third kappa shape index (κ3) is 2.88. The SMILES string of the molecule is C=NC(=O)C(=O)Nc1ccc(Cl)c(F)c1.[Lr]. The first-order valence-electron chi connectivity index (χ1n) is 3.81. The molecule has 1 radical (unpaired) electrons. The summed E-state index contributed by atoms with van der Waals surface area (Å²) in [7, 11) is 0. The Morgan fingerprint density at radius 3 is 2.56 bits per heavy atom. The topological polar surface area (TPSA) is 58.5 Å². The van der Waals surface area contributed by atoms with E-state index < -0.39 is 17.6 Å². The third-order valence-corrected chi connectivity index (χ3v) is 1.82. The Hall–Kier alpha value is -2.75. The Balaban J connectivity index is 0.00000225. The molecule has 93 valence electrons. The maximum Gasteiger partial charge on any atom is 0.334 e. The van der Waals surface area contributed by atoms with E-state index in [9.17, 15) is 14.0 Å². The van der Waals surface area contributed by atoms with Crippen molar-refractivity contribution in [1.82, 2.24) is 0 Å². The Morgan fingerprint density at radius 2 is 2.06 bits per heavy atom. The van der Waals surface area contributed by atoms with Crippen LogP contribution in [0.15, 0.2) is 23.2 Å². The van der Waals surface area contributed by atoms with Gasteiger partial charge in [0.2, 0.25) is 0 Å². The van der Waals surface area contributed by atoms with Gasteiger partial charge in [0.05, 0.1) is 5.02 Å². The molecule has 1 N–H and O–H groups in total.